The van der Waals surface area contributed by atoms with Crippen molar-refractivity contribution in [3.8, 4) is 12.3 Å². The van der Waals surface area contributed by atoms with E-state index in [-0.39, 0.29) is 34.9 Å². The van der Waals surface area contributed by atoms with Gasteiger partial charge in [0.05, 0.1) is 11.4 Å². The second-order valence-corrected chi connectivity index (χ2v) is 9.61. The zero-order chi connectivity index (χ0) is 20.9. The van der Waals surface area contributed by atoms with Crippen LogP contribution in [-0.2, 0) is 14.8 Å². The highest BCUT2D eigenvalue weighted by molar-refractivity contribution is 7.89. The number of piperidine rings is 1. The highest BCUT2D eigenvalue weighted by Crippen LogP contribution is 2.21. The van der Waals surface area contributed by atoms with E-state index in [1.807, 2.05) is 25.7 Å². The van der Waals surface area contributed by atoms with Crippen molar-refractivity contribution in [2.24, 2.45) is 5.41 Å². The van der Waals surface area contributed by atoms with Gasteiger partial charge in [0.25, 0.3) is 5.91 Å². The van der Waals surface area contributed by atoms with E-state index < -0.39 is 15.4 Å². The molecule has 0 aliphatic carbocycles. The molecule has 1 aromatic carbocycles. The third-order valence-corrected chi connectivity index (χ3v) is 5.93. The summed E-state index contributed by atoms with van der Waals surface area (Å²) >= 11 is 0. The Morgan fingerprint density at radius 1 is 1.25 bits per heavy atom. The lowest BCUT2D eigenvalue weighted by Gasteiger charge is -2.36. The van der Waals surface area contributed by atoms with E-state index in [0.29, 0.717) is 25.9 Å². The summed E-state index contributed by atoms with van der Waals surface area (Å²) in [5, 5.41) is 2.93. The first-order valence-corrected chi connectivity index (χ1v) is 10.7. The first-order valence-electron chi connectivity index (χ1n) is 9.18. The Labute approximate surface area is 166 Å². The molecule has 2 rings (SSSR count). The van der Waals surface area contributed by atoms with Gasteiger partial charge < -0.3 is 10.2 Å². The van der Waals surface area contributed by atoms with E-state index in [1.54, 1.807) is 6.07 Å². The van der Waals surface area contributed by atoms with Gasteiger partial charge in [0, 0.05) is 30.1 Å². The molecule has 7 nitrogen and oxygen atoms in total. The van der Waals surface area contributed by atoms with Gasteiger partial charge in [-0.15, -0.1) is 6.42 Å². The topological polar surface area (TPSA) is 95.6 Å². The number of carbonyl (C=O) groups excluding carboxylic acids is 2. The molecule has 28 heavy (non-hydrogen) atoms. The predicted octanol–water partition coefficient (Wildman–Crippen LogP) is 1.36. The zero-order valence-electron chi connectivity index (χ0n) is 16.5. The average Bonchev–Trinajstić information content (AvgIpc) is 2.66. The summed E-state index contributed by atoms with van der Waals surface area (Å²) in [6.45, 7) is 6.73. The van der Waals surface area contributed by atoms with E-state index in [2.05, 4.69) is 16.0 Å². The minimum absolute atomic E-state index is 0.0130. The zero-order valence-corrected chi connectivity index (χ0v) is 17.3. The van der Waals surface area contributed by atoms with Crippen LogP contribution in [0.1, 0.15) is 44.0 Å². The highest BCUT2D eigenvalue weighted by atomic mass is 32.2. The monoisotopic (exact) mass is 405 g/mol. The van der Waals surface area contributed by atoms with Crippen molar-refractivity contribution in [1.82, 2.24) is 14.9 Å². The largest absolute Gasteiger partial charge is 0.349 e. The Morgan fingerprint density at radius 2 is 1.89 bits per heavy atom. The van der Waals surface area contributed by atoms with Gasteiger partial charge in [-0.1, -0.05) is 32.8 Å². The van der Waals surface area contributed by atoms with Crippen molar-refractivity contribution >= 4 is 21.8 Å². The number of hydrogen-bond donors (Lipinski definition) is 2. The van der Waals surface area contributed by atoms with Crippen LogP contribution < -0.4 is 10.0 Å². The lowest BCUT2D eigenvalue weighted by atomic mass is 9.93. The van der Waals surface area contributed by atoms with E-state index in [0.717, 1.165) is 0 Å². The van der Waals surface area contributed by atoms with Gasteiger partial charge in [-0.25, -0.2) is 8.42 Å². The number of rotatable bonds is 5. The predicted molar refractivity (Wildman–Crippen MR) is 107 cm³/mol. The maximum Gasteiger partial charge on any atom is 0.251 e. The molecule has 1 heterocycles. The molecule has 1 aliphatic heterocycles. The van der Waals surface area contributed by atoms with Crippen LogP contribution in [0.25, 0.3) is 0 Å². The fourth-order valence-electron chi connectivity index (χ4n) is 2.99. The molecule has 0 spiro atoms. The van der Waals surface area contributed by atoms with Gasteiger partial charge in [-0.3, -0.25) is 9.59 Å². The van der Waals surface area contributed by atoms with Gasteiger partial charge in [-0.2, -0.15) is 4.72 Å². The molecule has 1 saturated heterocycles. The number of likely N-dealkylation sites (tertiary alicyclic amines) is 1. The van der Waals surface area contributed by atoms with Gasteiger partial charge in [0.1, 0.15) is 0 Å². The molecule has 2 N–H and O–H groups in total. The highest BCUT2D eigenvalue weighted by Gasteiger charge is 2.30. The normalized spacial score (nSPS) is 15.7. The third kappa shape index (κ3) is 5.57. The van der Waals surface area contributed by atoms with Crippen LogP contribution in [0.5, 0.6) is 0 Å². The van der Waals surface area contributed by atoms with Crippen molar-refractivity contribution in [2.75, 3.05) is 19.6 Å². The Balaban J connectivity index is 1.99. The minimum atomic E-state index is -3.76. The van der Waals surface area contributed by atoms with Crippen LogP contribution in [0.15, 0.2) is 29.2 Å². The molecule has 8 heteroatoms. The molecule has 2 amide bonds. The molecule has 0 bridgehead atoms. The van der Waals surface area contributed by atoms with Gasteiger partial charge in [0.2, 0.25) is 15.9 Å². The maximum absolute atomic E-state index is 12.5. The SMILES string of the molecule is C#CCNS(=O)(=O)c1cccc(C(=O)NC2CCN(C(=O)C(C)(C)C)CC2)c1. The molecule has 0 aromatic heterocycles. The number of hydrogen-bond acceptors (Lipinski definition) is 4. The Hall–Kier alpha value is -2.37. The summed E-state index contributed by atoms with van der Waals surface area (Å²) in [6.07, 6.45) is 6.41. The lowest BCUT2D eigenvalue weighted by Crippen LogP contribution is -2.49. The molecule has 1 aromatic rings. The van der Waals surface area contributed by atoms with Gasteiger partial charge >= 0.3 is 0 Å². The third-order valence-electron chi connectivity index (χ3n) is 4.53. The van der Waals surface area contributed by atoms with Crippen molar-refractivity contribution < 1.29 is 18.0 Å². The van der Waals surface area contributed by atoms with E-state index in [1.165, 1.54) is 18.2 Å². The Kier molecular flexibility index (Phi) is 6.86. The first-order chi connectivity index (χ1) is 13.0. The summed E-state index contributed by atoms with van der Waals surface area (Å²) < 4.78 is 26.6. The summed E-state index contributed by atoms with van der Waals surface area (Å²) in [5.74, 6) is 1.98. The fourth-order valence-corrected chi connectivity index (χ4v) is 3.97. The lowest BCUT2D eigenvalue weighted by molar-refractivity contribution is -0.140. The molecular weight excluding hydrogens is 378 g/mol. The van der Waals surface area contributed by atoms with Crippen LogP contribution in [0.2, 0.25) is 0 Å². The van der Waals surface area contributed by atoms with Gasteiger partial charge in [-0.05, 0) is 31.0 Å². The van der Waals surface area contributed by atoms with Crippen molar-refractivity contribution in [3.63, 3.8) is 0 Å². The number of nitrogens with one attached hydrogen (secondary N) is 2. The van der Waals surface area contributed by atoms with E-state index in [4.69, 9.17) is 6.42 Å². The first kappa shape index (κ1) is 21.9. The average molecular weight is 406 g/mol. The summed E-state index contributed by atoms with van der Waals surface area (Å²) in [6, 6.07) is 5.76. The number of nitrogens with zero attached hydrogens (tertiary/aromatic N) is 1. The van der Waals surface area contributed by atoms with E-state index in [9.17, 15) is 18.0 Å². The van der Waals surface area contributed by atoms with Crippen LogP contribution in [0.3, 0.4) is 0 Å². The quantitative estimate of drug-likeness (QED) is 0.723. The number of sulfonamides is 1. The molecule has 1 aliphatic rings. The van der Waals surface area contributed by atoms with Crippen molar-refractivity contribution in [3.05, 3.63) is 29.8 Å². The van der Waals surface area contributed by atoms with Crippen molar-refractivity contribution in [1.29, 1.82) is 0 Å². The Morgan fingerprint density at radius 3 is 2.46 bits per heavy atom. The smallest absolute Gasteiger partial charge is 0.251 e. The standard InChI is InChI=1S/C20H27N3O4S/c1-5-11-21-28(26,27)17-8-6-7-15(14-17)18(24)22-16-9-12-23(13-10-16)19(25)20(2,3)4/h1,6-8,14,16,21H,9-13H2,2-4H3,(H,22,24). The van der Waals surface area contributed by atoms with E-state index >= 15 is 0 Å². The summed E-state index contributed by atoms with van der Waals surface area (Å²) in [4.78, 5) is 26.7. The second-order valence-electron chi connectivity index (χ2n) is 7.85. The minimum Gasteiger partial charge on any atom is -0.349 e. The number of amides is 2. The molecule has 1 fully saturated rings. The van der Waals surface area contributed by atoms with Crippen molar-refractivity contribution in [2.45, 2.75) is 44.6 Å². The fraction of sp³-hybridized carbons (Fsp3) is 0.500. The van der Waals surface area contributed by atoms with Crippen LogP contribution in [-0.4, -0.2) is 50.8 Å². The van der Waals surface area contributed by atoms with Crippen LogP contribution in [0, 0.1) is 17.8 Å². The molecule has 0 saturated carbocycles. The molecule has 152 valence electrons. The van der Waals surface area contributed by atoms with Crippen LogP contribution in [0.4, 0.5) is 0 Å². The summed E-state index contributed by atoms with van der Waals surface area (Å²) in [7, 11) is -3.76. The number of carbonyl (C=O) groups is 2. The Bertz CT molecular complexity index is 873. The number of terminal acetylenes is 1. The second kappa shape index (κ2) is 8.76. The maximum atomic E-state index is 12.5. The van der Waals surface area contributed by atoms with Crippen LogP contribution >= 0.6 is 0 Å². The molecule has 0 unspecified atom stereocenters. The summed E-state index contributed by atoms with van der Waals surface area (Å²) in [5.41, 5.74) is -0.160. The molecular formula is C20H27N3O4S. The molecule has 0 radical (unpaired) electrons. The van der Waals surface area contributed by atoms with Gasteiger partial charge in [0.15, 0.2) is 0 Å². The number of benzene rings is 1. The molecule has 0 atom stereocenters.